The summed E-state index contributed by atoms with van der Waals surface area (Å²) in [6.07, 6.45) is 3.53. The van der Waals surface area contributed by atoms with E-state index < -0.39 is 0 Å². The zero-order chi connectivity index (χ0) is 18.8. The van der Waals surface area contributed by atoms with E-state index in [9.17, 15) is 4.79 Å². The van der Waals surface area contributed by atoms with Crippen LogP contribution in [0.15, 0.2) is 54.9 Å². The van der Waals surface area contributed by atoms with Crippen LogP contribution in [0, 0.1) is 0 Å². The molecule has 27 heavy (non-hydrogen) atoms. The molecule has 3 aromatic rings. The molecule has 1 saturated heterocycles. The number of rotatable bonds is 3. The van der Waals surface area contributed by atoms with E-state index >= 15 is 0 Å². The Bertz CT molecular complexity index is 948. The Kier molecular flexibility index (Phi) is 4.81. The van der Waals surface area contributed by atoms with Gasteiger partial charge in [-0.05, 0) is 12.1 Å². The maximum absolute atomic E-state index is 13.1. The van der Waals surface area contributed by atoms with Crippen molar-refractivity contribution < 1.29 is 4.79 Å². The molecule has 138 valence electrons. The Morgan fingerprint density at radius 2 is 1.78 bits per heavy atom. The number of pyridine rings is 1. The van der Waals surface area contributed by atoms with Crippen molar-refractivity contribution in [1.29, 1.82) is 0 Å². The number of benzene rings is 1. The number of aromatic nitrogens is 3. The van der Waals surface area contributed by atoms with Crippen LogP contribution in [0.4, 0.5) is 5.82 Å². The van der Waals surface area contributed by atoms with Crippen molar-refractivity contribution in [3.05, 3.63) is 65.4 Å². The molecule has 0 N–H and O–H groups in total. The number of nitrogens with zero attached hydrogens (tertiary/aromatic N) is 5. The van der Waals surface area contributed by atoms with Crippen molar-refractivity contribution in [1.82, 2.24) is 19.7 Å². The Labute approximate surface area is 163 Å². The highest BCUT2D eigenvalue weighted by Crippen LogP contribution is 2.26. The van der Waals surface area contributed by atoms with Crippen molar-refractivity contribution >= 4 is 23.3 Å². The average molecular weight is 382 g/mol. The van der Waals surface area contributed by atoms with Gasteiger partial charge in [-0.3, -0.25) is 9.48 Å². The molecule has 1 aromatic carbocycles. The van der Waals surface area contributed by atoms with Crippen LogP contribution in [0.5, 0.6) is 0 Å². The summed E-state index contributed by atoms with van der Waals surface area (Å²) in [7, 11) is 1.84. The maximum atomic E-state index is 13.1. The normalized spacial score (nSPS) is 14.4. The van der Waals surface area contributed by atoms with Crippen molar-refractivity contribution in [2.45, 2.75) is 0 Å². The average Bonchev–Trinajstić information content (AvgIpc) is 3.10. The van der Waals surface area contributed by atoms with Crippen molar-refractivity contribution in [2.24, 2.45) is 7.05 Å². The van der Waals surface area contributed by atoms with Gasteiger partial charge in [0.2, 0.25) is 0 Å². The lowest BCUT2D eigenvalue weighted by Crippen LogP contribution is -2.49. The van der Waals surface area contributed by atoms with Gasteiger partial charge in [-0.2, -0.15) is 5.10 Å². The minimum absolute atomic E-state index is 0.00807. The SMILES string of the molecule is Cn1cc(C(=O)N2CCN(c3ncccc3Cl)CC2)c(-c2ccccc2)n1. The molecule has 0 spiro atoms. The second-order valence-corrected chi connectivity index (χ2v) is 6.93. The lowest BCUT2D eigenvalue weighted by Gasteiger charge is -2.35. The van der Waals surface area contributed by atoms with Crippen LogP contribution < -0.4 is 4.90 Å². The molecule has 0 bridgehead atoms. The van der Waals surface area contributed by atoms with Crippen LogP contribution in [-0.2, 0) is 7.05 Å². The minimum Gasteiger partial charge on any atom is -0.352 e. The number of hydrogen-bond donors (Lipinski definition) is 0. The third-order valence-corrected chi connectivity index (χ3v) is 5.01. The molecule has 3 heterocycles. The highest BCUT2D eigenvalue weighted by atomic mass is 35.5. The molecule has 1 fully saturated rings. The maximum Gasteiger partial charge on any atom is 0.257 e. The standard InChI is InChI=1S/C20H20ClN5O/c1-24-14-16(18(23-24)15-6-3-2-4-7-15)20(27)26-12-10-25(11-13-26)19-17(21)8-5-9-22-19/h2-9,14H,10-13H2,1H3. The van der Waals surface area contributed by atoms with Gasteiger partial charge < -0.3 is 9.80 Å². The van der Waals surface area contributed by atoms with Crippen molar-refractivity contribution in [3.8, 4) is 11.3 Å². The van der Waals surface area contributed by atoms with Gasteiger partial charge in [0.25, 0.3) is 5.91 Å². The van der Waals surface area contributed by atoms with Gasteiger partial charge in [0.15, 0.2) is 0 Å². The number of carbonyl (C=O) groups is 1. The molecule has 0 aliphatic carbocycles. The number of amides is 1. The van der Waals surface area contributed by atoms with E-state index in [0.717, 1.165) is 17.1 Å². The molecule has 0 unspecified atom stereocenters. The van der Waals surface area contributed by atoms with Gasteiger partial charge in [0.05, 0.1) is 10.6 Å². The first-order valence-electron chi connectivity index (χ1n) is 8.87. The molecule has 1 amide bonds. The third kappa shape index (κ3) is 3.53. The van der Waals surface area contributed by atoms with Gasteiger partial charge in [0, 0.05) is 51.2 Å². The Morgan fingerprint density at radius 3 is 2.48 bits per heavy atom. The fourth-order valence-electron chi connectivity index (χ4n) is 3.36. The number of hydrogen-bond acceptors (Lipinski definition) is 4. The second-order valence-electron chi connectivity index (χ2n) is 6.52. The lowest BCUT2D eigenvalue weighted by molar-refractivity contribution is 0.0747. The van der Waals surface area contributed by atoms with Gasteiger partial charge in [-0.15, -0.1) is 0 Å². The van der Waals surface area contributed by atoms with Crippen LogP contribution in [0.25, 0.3) is 11.3 Å². The van der Waals surface area contributed by atoms with Gasteiger partial charge >= 0.3 is 0 Å². The smallest absolute Gasteiger partial charge is 0.257 e. The fraction of sp³-hybridized carbons (Fsp3) is 0.250. The van der Waals surface area contributed by atoms with E-state index in [1.807, 2.05) is 54.4 Å². The molecule has 1 aliphatic rings. The largest absolute Gasteiger partial charge is 0.352 e. The predicted octanol–water partition coefficient (Wildman–Crippen LogP) is 3.10. The number of anilines is 1. The van der Waals surface area contributed by atoms with Gasteiger partial charge in [-0.25, -0.2) is 4.98 Å². The van der Waals surface area contributed by atoms with E-state index in [4.69, 9.17) is 11.6 Å². The van der Waals surface area contributed by atoms with Crippen molar-refractivity contribution in [3.63, 3.8) is 0 Å². The van der Waals surface area contributed by atoms with Crippen molar-refractivity contribution in [2.75, 3.05) is 31.1 Å². The quantitative estimate of drug-likeness (QED) is 0.699. The third-order valence-electron chi connectivity index (χ3n) is 4.71. The first-order chi connectivity index (χ1) is 13.1. The molecule has 0 saturated carbocycles. The highest BCUT2D eigenvalue weighted by Gasteiger charge is 2.27. The van der Waals surface area contributed by atoms with Gasteiger partial charge in [-0.1, -0.05) is 41.9 Å². The van der Waals surface area contributed by atoms with Gasteiger partial charge in [0.1, 0.15) is 11.5 Å². The van der Waals surface area contributed by atoms with E-state index in [2.05, 4.69) is 15.0 Å². The minimum atomic E-state index is 0.00807. The van der Waals surface area contributed by atoms with Crippen LogP contribution in [0.3, 0.4) is 0 Å². The van der Waals surface area contributed by atoms with Crippen LogP contribution >= 0.6 is 11.6 Å². The number of aryl methyl sites for hydroxylation is 1. The topological polar surface area (TPSA) is 54.3 Å². The molecule has 4 rings (SSSR count). The van der Waals surface area contributed by atoms with E-state index in [1.54, 1.807) is 17.1 Å². The molecule has 2 aromatic heterocycles. The van der Waals surface area contributed by atoms with Crippen LogP contribution in [-0.4, -0.2) is 51.8 Å². The van der Waals surface area contributed by atoms with Crippen LogP contribution in [0.2, 0.25) is 5.02 Å². The number of carbonyl (C=O) groups excluding carboxylic acids is 1. The molecule has 7 heteroatoms. The van der Waals surface area contributed by atoms with E-state index in [-0.39, 0.29) is 5.91 Å². The zero-order valence-corrected chi connectivity index (χ0v) is 15.8. The summed E-state index contributed by atoms with van der Waals surface area (Å²) in [6, 6.07) is 13.5. The molecule has 1 aliphatic heterocycles. The summed E-state index contributed by atoms with van der Waals surface area (Å²) >= 11 is 6.25. The van der Waals surface area contributed by atoms with E-state index in [0.29, 0.717) is 36.8 Å². The highest BCUT2D eigenvalue weighted by molar-refractivity contribution is 6.32. The number of halogens is 1. The monoisotopic (exact) mass is 381 g/mol. The summed E-state index contributed by atoms with van der Waals surface area (Å²) in [5, 5.41) is 5.14. The van der Waals surface area contributed by atoms with Crippen LogP contribution in [0.1, 0.15) is 10.4 Å². The Morgan fingerprint density at radius 1 is 1.04 bits per heavy atom. The molecule has 0 atom stereocenters. The summed E-state index contributed by atoms with van der Waals surface area (Å²) in [5.74, 6) is 0.784. The first-order valence-corrected chi connectivity index (χ1v) is 9.25. The second kappa shape index (κ2) is 7.40. The number of piperazine rings is 1. The molecular weight excluding hydrogens is 362 g/mol. The Hall–Kier alpha value is -2.86. The first kappa shape index (κ1) is 17.5. The predicted molar refractivity (Wildman–Crippen MR) is 106 cm³/mol. The summed E-state index contributed by atoms with van der Waals surface area (Å²) in [6.45, 7) is 2.64. The van der Waals surface area contributed by atoms with E-state index in [1.165, 1.54) is 0 Å². The molecule has 0 radical (unpaired) electrons. The lowest BCUT2D eigenvalue weighted by atomic mass is 10.1. The summed E-state index contributed by atoms with van der Waals surface area (Å²) in [5.41, 5.74) is 2.30. The Balaban J connectivity index is 1.52. The molecular formula is C20H20ClN5O. The fourth-order valence-corrected chi connectivity index (χ4v) is 3.60. The summed E-state index contributed by atoms with van der Waals surface area (Å²) in [4.78, 5) is 21.5. The summed E-state index contributed by atoms with van der Waals surface area (Å²) < 4.78 is 1.69. The molecule has 6 nitrogen and oxygen atoms in total. The zero-order valence-electron chi connectivity index (χ0n) is 15.0.